The highest BCUT2D eigenvalue weighted by atomic mass is 16.1. The lowest BCUT2D eigenvalue weighted by atomic mass is 9.87. The predicted molar refractivity (Wildman–Crippen MR) is 82.3 cm³/mol. The first-order valence-electron chi connectivity index (χ1n) is 7.19. The normalized spacial score (nSPS) is 11.2. The van der Waals surface area contributed by atoms with Gasteiger partial charge in [-0.05, 0) is 24.0 Å². The highest BCUT2D eigenvalue weighted by Gasteiger charge is 2.18. The van der Waals surface area contributed by atoms with Crippen molar-refractivity contribution in [2.75, 3.05) is 12.0 Å². The van der Waals surface area contributed by atoms with Gasteiger partial charge >= 0.3 is 0 Å². The van der Waals surface area contributed by atoms with Crippen LogP contribution in [0.2, 0.25) is 0 Å². The van der Waals surface area contributed by atoms with E-state index in [0.717, 1.165) is 6.42 Å². The minimum Gasteiger partial charge on any atom is -0.351 e. The van der Waals surface area contributed by atoms with Gasteiger partial charge in [0.15, 0.2) is 0 Å². The van der Waals surface area contributed by atoms with Crippen molar-refractivity contribution in [1.82, 2.24) is 10.3 Å². The van der Waals surface area contributed by atoms with Gasteiger partial charge in [0.2, 0.25) is 0 Å². The smallest absolute Gasteiger partial charge is 0.251 e. The molecule has 0 aliphatic heterocycles. The van der Waals surface area contributed by atoms with Crippen LogP contribution in [0.3, 0.4) is 0 Å². The molecule has 1 aromatic heterocycles. The highest BCUT2D eigenvalue weighted by Crippen LogP contribution is 2.22. The summed E-state index contributed by atoms with van der Waals surface area (Å²) < 4.78 is 0. The zero-order valence-electron chi connectivity index (χ0n) is 12.7. The van der Waals surface area contributed by atoms with Gasteiger partial charge in [-0.2, -0.15) is 0 Å². The molecule has 20 heavy (non-hydrogen) atoms. The summed E-state index contributed by atoms with van der Waals surface area (Å²) in [5, 5.41) is 2.98. The number of aromatic nitrogens is 1. The van der Waals surface area contributed by atoms with Crippen molar-refractivity contribution < 1.29 is 4.79 Å². The second-order valence-corrected chi connectivity index (χ2v) is 5.88. The Hall–Kier alpha value is -1.62. The third kappa shape index (κ3) is 5.57. The van der Waals surface area contributed by atoms with Gasteiger partial charge in [0, 0.05) is 18.3 Å². The molecular weight excluding hydrogens is 252 g/mol. The van der Waals surface area contributed by atoms with E-state index in [1.54, 1.807) is 18.3 Å². The van der Waals surface area contributed by atoms with Crippen molar-refractivity contribution in [1.29, 1.82) is 0 Å². The predicted octanol–water partition coefficient (Wildman–Crippen LogP) is 2.70. The van der Waals surface area contributed by atoms with Gasteiger partial charge in [-0.15, -0.1) is 0 Å². The number of unbranched alkanes of at least 4 members (excludes halogenated alkanes) is 2. The molecule has 0 unspecified atom stereocenters. The molecule has 0 aromatic carbocycles. The monoisotopic (exact) mass is 278 g/mol. The number of anilines is 1. The quantitative estimate of drug-likeness (QED) is 0.388. The molecule has 1 aromatic rings. The number of pyridine rings is 1. The number of amides is 1. The topological polar surface area (TPSA) is 80.0 Å². The summed E-state index contributed by atoms with van der Waals surface area (Å²) in [6, 6.07) is 3.32. The molecular formula is C15H26N4O. The molecule has 1 heterocycles. The SMILES string of the molecule is CCCCCC(C)(C)CNC(=O)c1ccnc(NN)c1. The summed E-state index contributed by atoms with van der Waals surface area (Å²) in [4.78, 5) is 16.1. The number of hydrogen-bond donors (Lipinski definition) is 3. The molecule has 5 heteroatoms. The van der Waals surface area contributed by atoms with Gasteiger partial charge in [0.1, 0.15) is 5.82 Å². The Kier molecular flexibility index (Phi) is 6.45. The maximum absolute atomic E-state index is 12.1. The molecule has 0 saturated carbocycles. The average Bonchev–Trinajstić information content (AvgIpc) is 2.45. The Labute approximate surface area is 121 Å². The molecule has 4 N–H and O–H groups in total. The van der Waals surface area contributed by atoms with E-state index < -0.39 is 0 Å². The fraction of sp³-hybridized carbons (Fsp3) is 0.600. The van der Waals surface area contributed by atoms with E-state index in [4.69, 9.17) is 5.84 Å². The summed E-state index contributed by atoms with van der Waals surface area (Å²) in [6.45, 7) is 7.23. The number of carbonyl (C=O) groups is 1. The molecule has 0 spiro atoms. The Bertz CT molecular complexity index is 432. The molecule has 0 aliphatic rings. The number of nitrogens with zero attached hydrogens (tertiary/aromatic N) is 1. The number of hydrazine groups is 1. The number of hydrogen-bond acceptors (Lipinski definition) is 4. The zero-order chi connectivity index (χ0) is 15.0. The van der Waals surface area contributed by atoms with Gasteiger partial charge in [0.05, 0.1) is 0 Å². The van der Waals surface area contributed by atoms with Crippen molar-refractivity contribution in [2.45, 2.75) is 46.5 Å². The molecule has 0 saturated heterocycles. The first-order valence-corrected chi connectivity index (χ1v) is 7.19. The van der Waals surface area contributed by atoms with Crippen molar-refractivity contribution in [3.05, 3.63) is 23.9 Å². The van der Waals surface area contributed by atoms with Crippen LogP contribution in [-0.2, 0) is 0 Å². The van der Waals surface area contributed by atoms with E-state index >= 15 is 0 Å². The molecule has 0 aliphatic carbocycles. The number of nitrogens with two attached hydrogens (primary N) is 1. The Balaban J connectivity index is 2.49. The van der Waals surface area contributed by atoms with Crippen LogP contribution in [0.25, 0.3) is 0 Å². The fourth-order valence-corrected chi connectivity index (χ4v) is 2.01. The third-order valence-electron chi connectivity index (χ3n) is 3.35. The number of nitrogen functional groups attached to an aromatic ring is 1. The van der Waals surface area contributed by atoms with Gasteiger partial charge in [-0.1, -0.05) is 40.0 Å². The Morgan fingerprint density at radius 1 is 1.40 bits per heavy atom. The van der Waals surface area contributed by atoms with E-state index in [0.29, 0.717) is 17.9 Å². The number of nitrogens with one attached hydrogen (secondary N) is 2. The van der Waals surface area contributed by atoms with Crippen LogP contribution in [0.1, 0.15) is 56.8 Å². The lowest BCUT2D eigenvalue weighted by Gasteiger charge is -2.25. The molecule has 1 rings (SSSR count). The van der Waals surface area contributed by atoms with Gasteiger partial charge in [-0.3, -0.25) is 4.79 Å². The summed E-state index contributed by atoms with van der Waals surface area (Å²) in [5.74, 6) is 5.68. The number of carbonyl (C=O) groups excluding carboxylic acids is 1. The van der Waals surface area contributed by atoms with Crippen LogP contribution >= 0.6 is 0 Å². The highest BCUT2D eigenvalue weighted by molar-refractivity contribution is 5.94. The summed E-state index contributed by atoms with van der Waals surface area (Å²) in [6.07, 6.45) is 6.35. The van der Waals surface area contributed by atoms with Crippen LogP contribution in [0, 0.1) is 5.41 Å². The van der Waals surface area contributed by atoms with Gasteiger partial charge in [0.25, 0.3) is 5.91 Å². The average molecular weight is 278 g/mol. The summed E-state index contributed by atoms with van der Waals surface area (Å²) in [7, 11) is 0. The van der Waals surface area contributed by atoms with Crippen LogP contribution < -0.4 is 16.6 Å². The first kappa shape index (κ1) is 16.4. The zero-order valence-corrected chi connectivity index (χ0v) is 12.7. The maximum atomic E-state index is 12.1. The molecule has 0 radical (unpaired) electrons. The minimum absolute atomic E-state index is 0.0903. The van der Waals surface area contributed by atoms with E-state index in [-0.39, 0.29) is 11.3 Å². The second kappa shape index (κ2) is 7.85. The lowest BCUT2D eigenvalue weighted by molar-refractivity contribution is 0.0934. The Morgan fingerprint density at radius 2 is 2.15 bits per heavy atom. The molecule has 5 nitrogen and oxygen atoms in total. The largest absolute Gasteiger partial charge is 0.351 e. The third-order valence-corrected chi connectivity index (χ3v) is 3.35. The van der Waals surface area contributed by atoms with E-state index in [9.17, 15) is 4.79 Å². The molecule has 0 bridgehead atoms. The van der Waals surface area contributed by atoms with Crippen LogP contribution in [0.4, 0.5) is 5.82 Å². The second-order valence-electron chi connectivity index (χ2n) is 5.88. The molecule has 0 atom stereocenters. The summed E-state index contributed by atoms with van der Waals surface area (Å²) >= 11 is 0. The maximum Gasteiger partial charge on any atom is 0.251 e. The van der Waals surface area contributed by atoms with E-state index in [1.807, 2.05) is 0 Å². The Morgan fingerprint density at radius 3 is 2.80 bits per heavy atom. The van der Waals surface area contributed by atoms with E-state index in [2.05, 4.69) is 36.5 Å². The standard InChI is InChI=1S/C15H26N4O/c1-4-5-6-8-15(2,3)11-18-14(20)12-7-9-17-13(10-12)19-16/h7,9-10H,4-6,8,11,16H2,1-3H3,(H,17,19)(H,18,20). The van der Waals surface area contributed by atoms with Crippen LogP contribution in [0.5, 0.6) is 0 Å². The van der Waals surface area contributed by atoms with Crippen molar-refractivity contribution in [3.8, 4) is 0 Å². The molecule has 1 amide bonds. The summed E-state index contributed by atoms with van der Waals surface area (Å²) in [5.41, 5.74) is 3.12. The van der Waals surface area contributed by atoms with Gasteiger partial charge < -0.3 is 10.7 Å². The van der Waals surface area contributed by atoms with E-state index in [1.165, 1.54) is 19.3 Å². The molecule has 112 valence electrons. The minimum atomic E-state index is -0.0903. The molecule has 0 fully saturated rings. The fourth-order valence-electron chi connectivity index (χ4n) is 2.01. The van der Waals surface area contributed by atoms with Gasteiger partial charge in [-0.25, -0.2) is 10.8 Å². The van der Waals surface area contributed by atoms with Crippen molar-refractivity contribution in [2.24, 2.45) is 11.3 Å². The van der Waals surface area contributed by atoms with Crippen molar-refractivity contribution in [3.63, 3.8) is 0 Å². The van der Waals surface area contributed by atoms with Crippen molar-refractivity contribution >= 4 is 11.7 Å². The van der Waals surface area contributed by atoms with Crippen LogP contribution in [0.15, 0.2) is 18.3 Å². The first-order chi connectivity index (χ1) is 9.48. The number of rotatable bonds is 8. The lowest BCUT2D eigenvalue weighted by Crippen LogP contribution is -2.34. The van der Waals surface area contributed by atoms with Crippen LogP contribution in [-0.4, -0.2) is 17.4 Å².